The lowest BCUT2D eigenvalue weighted by atomic mass is 9.74. The molecule has 1 aliphatic rings. The quantitative estimate of drug-likeness (QED) is 0.849. The first-order valence-electron chi connectivity index (χ1n) is 8.31. The molecular weight excluding hydrogens is 276 g/mol. The lowest BCUT2D eigenvalue weighted by molar-refractivity contribution is -0.128. The Balaban J connectivity index is 1.85. The molecule has 2 unspecified atom stereocenters. The van der Waals surface area contributed by atoms with Crippen molar-refractivity contribution in [1.29, 1.82) is 0 Å². The summed E-state index contributed by atoms with van der Waals surface area (Å²) in [5.41, 5.74) is 6.98. The Labute approximate surface area is 133 Å². The van der Waals surface area contributed by atoms with Crippen molar-refractivity contribution in [2.45, 2.75) is 58.0 Å². The van der Waals surface area contributed by atoms with Gasteiger partial charge in [0, 0.05) is 12.1 Å². The Morgan fingerprint density at radius 3 is 2.73 bits per heavy atom. The van der Waals surface area contributed by atoms with Gasteiger partial charge in [0.1, 0.15) is 5.75 Å². The predicted molar refractivity (Wildman–Crippen MR) is 88.6 cm³/mol. The maximum atomic E-state index is 12.4. The second-order valence-corrected chi connectivity index (χ2v) is 6.51. The molecule has 0 bridgehead atoms. The molecule has 4 heteroatoms. The number of rotatable bonds is 6. The number of nitrogens with one attached hydrogen (secondary N) is 1. The summed E-state index contributed by atoms with van der Waals surface area (Å²) in [4.78, 5) is 12.4. The van der Waals surface area contributed by atoms with Gasteiger partial charge in [0.2, 0.25) is 5.91 Å². The van der Waals surface area contributed by atoms with E-state index in [1.807, 2.05) is 31.2 Å². The van der Waals surface area contributed by atoms with Gasteiger partial charge in [0.15, 0.2) is 0 Å². The van der Waals surface area contributed by atoms with Crippen LogP contribution in [-0.4, -0.2) is 18.1 Å². The van der Waals surface area contributed by atoms with Crippen LogP contribution in [0.25, 0.3) is 0 Å². The Bertz CT molecular complexity index is 482. The van der Waals surface area contributed by atoms with Crippen molar-refractivity contribution in [1.82, 2.24) is 5.32 Å². The molecule has 1 aromatic carbocycles. The molecule has 0 saturated heterocycles. The lowest BCUT2D eigenvalue weighted by Crippen LogP contribution is -2.52. The van der Waals surface area contributed by atoms with Gasteiger partial charge in [-0.1, -0.05) is 31.9 Å². The topological polar surface area (TPSA) is 64.3 Å². The van der Waals surface area contributed by atoms with E-state index in [4.69, 9.17) is 10.5 Å². The van der Waals surface area contributed by atoms with Gasteiger partial charge >= 0.3 is 0 Å². The van der Waals surface area contributed by atoms with E-state index >= 15 is 0 Å². The molecule has 122 valence electrons. The van der Waals surface area contributed by atoms with E-state index < -0.39 is 0 Å². The first kappa shape index (κ1) is 16.8. The molecule has 4 nitrogen and oxygen atoms in total. The molecule has 2 rings (SSSR count). The van der Waals surface area contributed by atoms with Crippen molar-refractivity contribution >= 4 is 5.91 Å². The van der Waals surface area contributed by atoms with E-state index in [1.54, 1.807) is 0 Å². The summed E-state index contributed by atoms with van der Waals surface area (Å²) in [5.74, 6) is 0.878. The zero-order valence-electron chi connectivity index (χ0n) is 13.7. The summed E-state index contributed by atoms with van der Waals surface area (Å²) in [5, 5.41) is 3.03. The van der Waals surface area contributed by atoms with Gasteiger partial charge in [-0.15, -0.1) is 0 Å². The van der Waals surface area contributed by atoms with Crippen LogP contribution in [0.15, 0.2) is 24.3 Å². The van der Waals surface area contributed by atoms with Crippen LogP contribution in [0.2, 0.25) is 0 Å². The van der Waals surface area contributed by atoms with Gasteiger partial charge in [-0.25, -0.2) is 0 Å². The van der Waals surface area contributed by atoms with Crippen LogP contribution in [0.1, 0.15) is 51.5 Å². The molecule has 0 radical (unpaired) electrons. The van der Waals surface area contributed by atoms with Gasteiger partial charge in [-0.2, -0.15) is 0 Å². The standard InChI is InChI=1S/C18H28N2O2/c1-3-12-22-15-9-7-14(8-10-15)13-20-17(21)16-6-4-5-11-18(16,2)19/h7-10,16H,3-6,11-13,19H2,1-2H3,(H,20,21). The van der Waals surface area contributed by atoms with Crippen LogP contribution in [0.4, 0.5) is 0 Å². The van der Waals surface area contributed by atoms with Crippen molar-refractivity contribution in [2.75, 3.05) is 6.61 Å². The Morgan fingerprint density at radius 1 is 1.36 bits per heavy atom. The van der Waals surface area contributed by atoms with E-state index in [2.05, 4.69) is 12.2 Å². The van der Waals surface area contributed by atoms with Gasteiger partial charge in [-0.3, -0.25) is 4.79 Å². The molecule has 0 heterocycles. The van der Waals surface area contributed by atoms with Crippen molar-refractivity contribution in [2.24, 2.45) is 11.7 Å². The van der Waals surface area contributed by atoms with E-state index in [9.17, 15) is 4.79 Å². The van der Waals surface area contributed by atoms with Crippen LogP contribution >= 0.6 is 0 Å². The average molecular weight is 304 g/mol. The highest BCUT2D eigenvalue weighted by atomic mass is 16.5. The van der Waals surface area contributed by atoms with Crippen LogP contribution in [0.5, 0.6) is 5.75 Å². The minimum Gasteiger partial charge on any atom is -0.494 e. The summed E-state index contributed by atoms with van der Waals surface area (Å²) < 4.78 is 5.55. The van der Waals surface area contributed by atoms with Crippen LogP contribution in [-0.2, 0) is 11.3 Å². The SMILES string of the molecule is CCCOc1ccc(CNC(=O)C2CCCCC2(C)N)cc1. The van der Waals surface area contributed by atoms with Crippen molar-refractivity contribution < 1.29 is 9.53 Å². The molecule has 0 spiro atoms. The fourth-order valence-electron chi connectivity index (χ4n) is 3.02. The summed E-state index contributed by atoms with van der Waals surface area (Å²) in [6.45, 7) is 5.35. The minimum absolute atomic E-state index is 0.0755. The molecule has 1 aliphatic carbocycles. The van der Waals surface area contributed by atoms with Gasteiger partial charge in [0.05, 0.1) is 12.5 Å². The average Bonchev–Trinajstić information content (AvgIpc) is 2.51. The second-order valence-electron chi connectivity index (χ2n) is 6.51. The number of ether oxygens (including phenoxy) is 1. The third kappa shape index (κ3) is 4.47. The van der Waals surface area contributed by atoms with Crippen molar-refractivity contribution in [3.8, 4) is 5.75 Å². The van der Waals surface area contributed by atoms with Gasteiger partial charge in [-0.05, 0) is 43.9 Å². The van der Waals surface area contributed by atoms with Crippen LogP contribution in [0.3, 0.4) is 0 Å². The summed E-state index contributed by atoms with van der Waals surface area (Å²) in [7, 11) is 0. The van der Waals surface area contributed by atoms with Crippen LogP contribution in [0, 0.1) is 5.92 Å². The second kappa shape index (κ2) is 7.63. The molecule has 2 atom stereocenters. The summed E-state index contributed by atoms with van der Waals surface area (Å²) in [6.07, 6.45) is 5.03. The molecule has 1 saturated carbocycles. The zero-order chi connectivity index (χ0) is 16.0. The zero-order valence-corrected chi connectivity index (χ0v) is 13.7. The molecule has 1 amide bonds. The molecule has 22 heavy (non-hydrogen) atoms. The normalized spacial score (nSPS) is 24.8. The summed E-state index contributed by atoms with van der Waals surface area (Å²) in [6, 6.07) is 7.89. The Kier molecular flexibility index (Phi) is 5.83. The molecule has 1 aromatic rings. The molecular formula is C18H28N2O2. The van der Waals surface area contributed by atoms with E-state index in [-0.39, 0.29) is 17.4 Å². The van der Waals surface area contributed by atoms with Crippen LogP contribution < -0.4 is 15.8 Å². The van der Waals surface area contributed by atoms with Crippen molar-refractivity contribution in [3.05, 3.63) is 29.8 Å². The van der Waals surface area contributed by atoms with Crippen molar-refractivity contribution in [3.63, 3.8) is 0 Å². The predicted octanol–water partition coefficient (Wildman–Crippen LogP) is 3.00. The maximum absolute atomic E-state index is 12.4. The Morgan fingerprint density at radius 2 is 2.09 bits per heavy atom. The molecule has 0 aromatic heterocycles. The third-order valence-corrected chi connectivity index (χ3v) is 4.43. The fraction of sp³-hybridized carbons (Fsp3) is 0.611. The number of carbonyl (C=O) groups excluding carboxylic acids is 1. The van der Waals surface area contributed by atoms with Gasteiger partial charge in [0.25, 0.3) is 0 Å². The monoisotopic (exact) mass is 304 g/mol. The number of nitrogens with two attached hydrogens (primary N) is 1. The smallest absolute Gasteiger partial charge is 0.225 e. The molecule has 0 aliphatic heterocycles. The van der Waals surface area contributed by atoms with E-state index in [0.717, 1.165) is 50.0 Å². The number of amides is 1. The third-order valence-electron chi connectivity index (χ3n) is 4.43. The number of hydrogen-bond acceptors (Lipinski definition) is 3. The fourth-order valence-corrected chi connectivity index (χ4v) is 3.02. The summed E-state index contributed by atoms with van der Waals surface area (Å²) >= 11 is 0. The largest absolute Gasteiger partial charge is 0.494 e. The number of hydrogen-bond donors (Lipinski definition) is 2. The first-order chi connectivity index (χ1) is 10.5. The highest BCUT2D eigenvalue weighted by molar-refractivity contribution is 5.80. The number of benzene rings is 1. The maximum Gasteiger partial charge on any atom is 0.225 e. The molecule has 1 fully saturated rings. The Hall–Kier alpha value is -1.55. The highest BCUT2D eigenvalue weighted by Crippen LogP contribution is 2.31. The van der Waals surface area contributed by atoms with E-state index in [0.29, 0.717) is 6.54 Å². The van der Waals surface area contributed by atoms with Gasteiger partial charge < -0.3 is 15.8 Å². The first-order valence-corrected chi connectivity index (χ1v) is 8.31. The minimum atomic E-state index is -0.375. The number of carbonyl (C=O) groups is 1. The van der Waals surface area contributed by atoms with E-state index in [1.165, 1.54) is 0 Å². The highest BCUT2D eigenvalue weighted by Gasteiger charge is 2.37. The lowest BCUT2D eigenvalue weighted by Gasteiger charge is -2.37. The molecule has 3 N–H and O–H groups in total.